The number of hydrogen-bond donors (Lipinski definition) is 1. The molecule has 1 saturated heterocycles. The molecular formula is C16H34N2. The van der Waals surface area contributed by atoms with Crippen LogP contribution in [0.3, 0.4) is 0 Å². The molecule has 1 aliphatic rings. The third-order valence-electron chi connectivity index (χ3n) is 4.57. The van der Waals surface area contributed by atoms with Crippen LogP contribution in [0, 0.1) is 5.41 Å². The minimum absolute atomic E-state index is 0.420. The molecule has 0 bridgehead atoms. The van der Waals surface area contributed by atoms with E-state index in [0.29, 0.717) is 11.5 Å². The quantitative estimate of drug-likeness (QED) is 0.778. The first kappa shape index (κ1) is 16.0. The highest BCUT2D eigenvalue weighted by Gasteiger charge is 2.28. The van der Waals surface area contributed by atoms with Crippen molar-refractivity contribution < 1.29 is 0 Å². The van der Waals surface area contributed by atoms with Crippen LogP contribution in [0.5, 0.6) is 0 Å². The minimum atomic E-state index is 0.420. The van der Waals surface area contributed by atoms with Crippen molar-refractivity contribution in [3.05, 3.63) is 0 Å². The summed E-state index contributed by atoms with van der Waals surface area (Å²) in [6, 6.07) is 1.37. The van der Waals surface area contributed by atoms with Gasteiger partial charge in [-0.1, -0.05) is 40.5 Å². The standard InChI is InChI=1S/C16H34N2/c1-6-16(5,12-17-14(2)3)13-18-11-9-7-8-10-15(18)4/h14-15,17H,6-13H2,1-5H3. The van der Waals surface area contributed by atoms with Crippen molar-refractivity contribution in [1.82, 2.24) is 10.2 Å². The molecule has 18 heavy (non-hydrogen) atoms. The first-order chi connectivity index (χ1) is 8.47. The number of hydrogen-bond acceptors (Lipinski definition) is 2. The van der Waals surface area contributed by atoms with Crippen LogP contribution in [-0.4, -0.2) is 36.6 Å². The lowest BCUT2D eigenvalue weighted by Gasteiger charge is -2.38. The minimum Gasteiger partial charge on any atom is -0.314 e. The Labute approximate surface area is 115 Å². The largest absolute Gasteiger partial charge is 0.314 e. The molecule has 0 amide bonds. The van der Waals surface area contributed by atoms with Crippen LogP contribution in [0.25, 0.3) is 0 Å². The van der Waals surface area contributed by atoms with Crippen molar-refractivity contribution in [3.63, 3.8) is 0 Å². The van der Waals surface area contributed by atoms with E-state index in [4.69, 9.17) is 0 Å². The van der Waals surface area contributed by atoms with Gasteiger partial charge >= 0.3 is 0 Å². The highest BCUT2D eigenvalue weighted by atomic mass is 15.2. The Morgan fingerprint density at radius 2 is 2.00 bits per heavy atom. The van der Waals surface area contributed by atoms with Gasteiger partial charge in [0.25, 0.3) is 0 Å². The van der Waals surface area contributed by atoms with Gasteiger partial charge in [0.05, 0.1) is 0 Å². The summed E-state index contributed by atoms with van der Waals surface area (Å²) in [4.78, 5) is 2.73. The van der Waals surface area contributed by atoms with E-state index in [0.717, 1.165) is 12.6 Å². The zero-order chi connectivity index (χ0) is 13.6. The second kappa shape index (κ2) is 7.49. The van der Waals surface area contributed by atoms with E-state index in [1.165, 1.54) is 45.2 Å². The molecule has 0 spiro atoms. The Kier molecular flexibility index (Phi) is 6.65. The maximum Gasteiger partial charge on any atom is 0.00671 e. The molecule has 1 rings (SSSR count). The molecule has 2 unspecified atom stereocenters. The van der Waals surface area contributed by atoms with E-state index >= 15 is 0 Å². The Balaban J connectivity index is 2.53. The van der Waals surface area contributed by atoms with Gasteiger partial charge < -0.3 is 10.2 Å². The molecule has 2 nitrogen and oxygen atoms in total. The molecule has 2 atom stereocenters. The third-order valence-corrected chi connectivity index (χ3v) is 4.57. The fraction of sp³-hybridized carbons (Fsp3) is 1.00. The molecule has 108 valence electrons. The van der Waals surface area contributed by atoms with Gasteiger partial charge in [-0.2, -0.15) is 0 Å². The van der Waals surface area contributed by atoms with Gasteiger partial charge in [-0.3, -0.25) is 0 Å². The summed E-state index contributed by atoms with van der Waals surface area (Å²) in [5, 5.41) is 3.63. The van der Waals surface area contributed by atoms with Crippen molar-refractivity contribution in [3.8, 4) is 0 Å². The first-order valence-electron chi connectivity index (χ1n) is 7.94. The summed E-state index contributed by atoms with van der Waals surface area (Å²) in [5.74, 6) is 0. The van der Waals surface area contributed by atoms with Crippen LogP contribution in [0.2, 0.25) is 0 Å². The third kappa shape index (κ3) is 5.27. The van der Waals surface area contributed by atoms with Gasteiger partial charge in [0.2, 0.25) is 0 Å². The van der Waals surface area contributed by atoms with E-state index < -0.39 is 0 Å². The number of nitrogens with one attached hydrogen (secondary N) is 1. The first-order valence-corrected chi connectivity index (χ1v) is 7.94. The van der Waals surface area contributed by atoms with Crippen molar-refractivity contribution in [2.45, 2.75) is 78.8 Å². The number of rotatable bonds is 6. The molecular weight excluding hydrogens is 220 g/mol. The van der Waals surface area contributed by atoms with Gasteiger partial charge in [-0.05, 0) is 38.1 Å². The van der Waals surface area contributed by atoms with Crippen molar-refractivity contribution in [2.24, 2.45) is 5.41 Å². The molecule has 2 heteroatoms. The molecule has 0 radical (unpaired) electrons. The Hall–Kier alpha value is -0.0800. The highest BCUT2D eigenvalue weighted by molar-refractivity contribution is 4.83. The van der Waals surface area contributed by atoms with Gasteiger partial charge in [0.15, 0.2) is 0 Å². The lowest BCUT2D eigenvalue weighted by Crippen LogP contribution is -2.46. The smallest absolute Gasteiger partial charge is 0.00671 e. The summed E-state index contributed by atoms with van der Waals surface area (Å²) >= 11 is 0. The lowest BCUT2D eigenvalue weighted by atomic mass is 9.86. The van der Waals surface area contributed by atoms with Crippen LogP contribution in [0.1, 0.15) is 66.7 Å². The van der Waals surface area contributed by atoms with Crippen LogP contribution in [0.15, 0.2) is 0 Å². The van der Waals surface area contributed by atoms with Crippen LogP contribution in [-0.2, 0) is 0 Å². The Morgan fingerprint density at radius 3 is 2.61 bits per heavy atom. The zero-order valence-electron chi connectivity index (χ0n) is 13.3. The Bertz CT molecular complexity index is 227. The maximum atomic E-state index is 3.63. The topological polar surface area (TPSA) is 15.3 Å². The molecule has 0 saturated carbocycles. The SMILES string of the molecule is CCC(C)(CNC(C)C)CN1CCCCCC1C. The number of likely N-dealkylation sites (tertiary alicyclic amines) is 1. The van der Waals surface area contributed by atoms with E-state index in [1.807, 2.05) is 0 Å². The van der Waals surface area contributed by atoms with Crippen molar-refractivity contribution in [1.29, 1.82) is 0 Å². The van der Waals surface area contributed by atoms with Gasteiger partial charge in [-0.15, -0.1) is 0 Å². The van der Waals surface area contributed by atoms with Crippen LogP contribution < -0.4 is 5.32 Å². The van der Waals surface area contributed by atoms with Crippen LogP contribution in [0.4, 0.5) is 0 Å². The predicted molar refractivity (Wildman–Crippen MR) is 81.0 cm³/mol. The summed E-state index contributed by atoms with van der Waals surface area (Å²) in [5.41, 5.74) is 0.420. The van der Waals surface area contributed by atoms with Crippen molar-refractivity contribution in [2.75, 3.05) is 19.6 Å². The summed E-state index contributed by atoms with van der Waals surface area (Å²) < 4.78 is 0. The van der Waals surface area contributed by atoms with E-state index in [9.17, 15) is 0 Å². The normalized spacial score (nSPS) is 26.0. The molecule has 1 fully saturated rings. The highest BCUT2D eigenvalue weighted by Crippen LogP contribution is 2.26. The number of nitrogens with zero attached hydrogens (tertiary/aromatic N) is 1. The summed E-state index contributed by atoms with van der Waals surface area (Å²) in [6.07, 6.45) is 6.88. The molecule has 0 aliphatic carbocycles. The summed E-state index contributed by atoms with van der Waals surface area (Å²) in [7, 11) is 0. The molecule has 0 aromatic heterocycles. The molecule has 1 aliphatic heterocycles. The fourth-order valence-corrected chi connectivity index (χ4v) is 2.80. The van der Waals surface area contributed by atoms with E-state index in [2.05, 4.69) is 44.8 Å². The fourth-order valence-electron chi connectivity index (χ4n) is 2.80. The molecule has 0 aromatic rings. The second-order valence-corrected chi connectivity index (χ2v) is 6.87. The second-order valence-electron chi connectivity index (χ2n) is 6.87. The van der Waals surface area contributed by atoms with Crippen molar-refractivity contribution >= 4 is 0 Å². The molecule has 1 heterocycles. The van der Waals surface area contributed by atoms with Gasteiger partial charge in [0, 0.05) is 25.2 Å². The maximum absolute atomic E-state index is 3.63. The predicted octanol–water partition coefficient (Wildman–Crippen LogP) is 3.67. The average Bonchev–Trinajstić information content (AvgIpc) is 2.53. The monoisotopic (exact) mass is 254 g/mol. The molecule has 0 aromatic carbocycles. The van der Waals surface area contributed by atoms with E-state index in [1.54, 1.807) is 0 Å². The average molecular weight is 254 g/mol. The van der Waals surface area contributed by atoms with E-state index in [-0.39, 0.29) is 0 Å². The van der Waals surface area contributed by atoms with Crippen LogP contribution >= 0.6 is 0 Å². The summed E-state index contributed by atoms with van der Waals surface area (Å²) in [6.45, 7) is 15.4. The lowest BCUT2D eigenvalue weighted by molar-refractivity contribution is 0.121. The Morgan fingerprint density at radius 1 is 1.28 bits per heavy atom. The van der Waals surface area contributed by atoms with Gasteiger partial charge in [-0.25, -0.2) is 0 Å². The molecule has 1 N–H and O–H groups in total. The van der Waals surface area contributed by atoms with Gasteiger partial charge in [0.1, 0.15) is 0 Å². The zero-order valence-corrected chi connectivity index (χ0v) is 13.3.